The van der Waals surface area contributed by atoms with E-state index in [1.165, 1.54) is 0 Å². The van der Waals surface area contributed by atoms with Gasteiger partial charge in [-0.1, -0.05) is 29.5 Å². The molecule has 2 saturated heterocycles. The van der Waals surface area contributed by atoms with Crippen LogP contribution in [0.1, 0.15) is 44.9 Å². The first-order valence-electron chi connectivity index (χ1n) is 8.49. The van der Waals surface area contributed by atoms with Crippen molar-refractivity contribution < 1.29 is 17.6 Å². The number of aromatic nitrogens is 2. The molecule has 8 heteroatoms. The summed E-state index contributed by atoms with van der Waals surface area (Å²) in [6.45, 7) is 3.31. The third-order valence-electron chi connectivity index (χ3n) is 5.54. The number of hydrogen-bond acceptors (Lipinski definition) is 7. The van der Waals surface area contributed by atoms with Crippen LogP contribution in [0.25, 0.3) is 0 Å². The molecular weight excluding hydrogens is 318 g/mol. The Kier molecular flexibility index (Phi) is 3.84. The fourth-order valence-corrected chi connectivity index (χ4v) is 5.40. The Hall–Kier alpha value is -1.15. The number of rotatable bonds is 3. The van der Waals surface area contributed by atoms with Gasteiger partial charge in [0.25, 0.3) is 0 Å². The van der Waals surface area contributed by atoms with E-state index in [1.54, 1.807) is 0 Å². The fraction of sp³-hybridized carbons (Fsp3) is 0.867. The van der Waals surface area contributed by atoms with Gasteiger partial charge < -0.3 is 14.1 Å². The van der Waals surface area contributed by atoms with Crippen molar-refractivity contribution in [1.29, 1.82) is 0 Å². The molecule has 23 heavy (non-hydrogen) atoms. The quantitative estimate of drug-likeness (QED) is 0.828. The molecule has 0 N–H and O–H groups in total. The SMILES string of the molecule is O=S(=O)(c1nnc(N2CCC3(CC2)COC3)o1)C1CCCCC1. The van der Waals surface area contributed by atoms with Crippen LogP contribution in [0.4, 0.5) is 6.01 Å². The highest BCUT2D eigenvalue weighted by Crippen LogP contribution is 2.39. The zero-order valence-corrected chi connectivity index (χ0v) is 14.1. The van der Waals surface area contributed by atoms with Gasteiger partial charge >= 0.3 is 11.2 Å². The van der Waals surface area contributed by atoms with E-state index >= 15 is 0 Å². The van der Waals surface area contributed by atoms with Crippen LogP contribution >= 0.6 is 0 Å². The summed E-state index contributed by atoms with van der Waals surface area (Å²) < 4.78 is 36.1. The van der Waals surface area contributed by atoms with Crippen LogP contribution in [0.15, 0.2) is 9.64 Å². The Labute approximate surface area is 136 Å². The van der Waals surface area contributed by atoms with Crippen LogP contribution in [0.2, 0.25) is 0 Å². The molecule has 1 aromatic heterocycles. The molecule has 0 aromatic carbocycles. The maximum Gasteiger partial charge on any atom is 0.337 e. The van der Waals surface area contributed by atoms with Gasteiger partial charge in [-0.15, -0.1) is 0 Å². The molecule has 0 radical (unpaired) electrons. The van der Waals surface area contributed by atoms with Crippen molar-refractivity contribution in [2.45, 2.75) is 55.4 Å². The zero-order chi connectivity index (χ0) is 15.9. The lowest BCUT2D eigenvalue weighted by molar-refractivity contribution is -0.124. The predicted octanol–water partition coefficient (Wildman–Crippen LogP) is 1.79. The van der Waals surface area contributed by atoms with Gasteiger partial charge in [0.15, 0.2) is 0 Å². The minimum Gasteiger partial charge on any atom is -0.394 e. The molecule has 4 rings (SSSR count). The van der Waals surface area contributed by atoms with Crippen LogP contribution in [-0.2, 0) is 14.6 Å². The van der Waals surface area contributed by atoms with E-state index in [4.69, 9.17) is 9.15 Å². The van der Waals surface area contributed by atoms with Crippen molar-refractivity contribution in [2.24, 2.45) is 5.41 Å². The minimum absolute atomic E-state index is 0.202. The maximum atomic E-state index is 12.6. The average Bonchev–Trinajstić information content (AvgIpc) is 3.05. The summed E-state index contributed by atoms with van der Waals surface area (Å²) in [6, 6.07) is 0.342. The number of hydrogen-bond donors (Lipinski definition) is 0. The van der Waals surface area contributed by atoms with Crippen molar-refractivity contribution >= 4 is 15.9 Å². The molecule has 0 atom stereocenters. The second kappa shape index (κ2) is 5.73. The molecule has 7 nitrogen and oxygen atoms in total. The van der Waals surface area contributed by atoms with Crippen LogP contribution in [0.5, 0.6) is 0 Å². The molecule has 128 valence electrons. The molecule has 1 aromatic rings. The summed E-state index contributed by atoms with van der Waals surface area (Å²) in [7, 11) is -3.48. The second-order valence-corrected chi connectivity index (χ2v) is 9.24. The molecule has 3 heterocycles. The molecule has 0 bridgehead atoms. The van der Waals surface area contributed by atoms with E-state index in [1.807, 2.05) is 4.90 Å². The van der Waals surface area contributed by atoms with Crippen LogP contribution < -0.4 is 4.90 Å². The molecule has 1 saturated carbocycles. The highest BCUT2D eigenvalue weighted by atomic mass is 32.2. The van der Waals surface area contributed by atoms with Crippen molar-refractivity contribution in [3.8, 4) is 0 Å². The third-order valence-corrected chi connectivity index (χ3v) is 7.54. The first kappa shape index (κ1) is 15.4. The number of ether oxygens (including phenoxy) is 1. The van der Waals surface area contributed by atoms with Crippen molar-refractivity contribution in [3.63, 3.8) is 0 Å². The normalized spacial score (nSPS) is 25.5. The van der Waals surface area contributed by atoms with Crippen LogP contribution in [-0.4, -0.2) is 50.2 Å². The maximum absolute atomic E-state index is 12.6. The first-order chi connectivity index (χ1) is 11.1. The molecule has 2 aliphatic heterocycles. The summed E-state index contributed by atoms with van der Waals surface area (Å²) in [5, 5.41) is 7.27. The Balaban J connectivity index is 1.46. The average molecular weight is 341 g/mol. The first-order valence-corrected chi connectivity index (χ1v) is 10.0. The molecule has 0 amide bonds. The van der Waals surface area contributed by atoms with Gasteiger partial charge in [0.1, 0.15) is 0 Å². The van der Waals surface area contributed by atoms with Gasteiger partial charge in [0.05, 0.1) is 18.5 Å². The highest BCUT2D eigenvalue weighted by molar-refractivity contribution is 7.91. The number of sulfone groups is 1. The molecule has 3 aliphatic rings. The number of piperidine rings is 1. The Morgan fingerprint density at radius 2 is 1.74 bits per heavy atom. The van der Waals surface area contributed by atoms with E-state index in [9.17, 15) is 8.42 Å². The Morgan fingerprint density at radius 3 is 2.35 bits per heavy atom. The topological polar surface area (TPSA) is 85.5 Å². The summed E-state index contributed by atoms with van der Waals surface area (Å²) in [5.41, 5.74) is 0.327. The monoisotopic (exact) mass is 341 g/mol. The molecule has 1 spiro atoms. The zero-order valence-electron chi connectivity index (χ0n) is 13.2. The summed E-state index contributed by atoms with van der Waals surface area (Å²) in [5.74, 6) is 0. The standard InChI is InChI=1S/C15H23N3O4S/c19-23(20,12-4-2-1-3-5-12)14-17-16-13(22-14)18-8-6-15(7-9-18)10-21-11-15/h12H,1-11H2. The summed E-state index contributed by atoms with van der Waals surface area (Å²) in [6.07, 6.45) is 6.49. The van der Waals surface area contributed by atoms with Crippen molar-refractivity contribution in [3.05, 3.63) is 0 Å². The lowest BCUT2D eigenvalue weighted by Gasteiger charge is -2.46. The lowest BCUT2D eigenvalue weighted by atomic mass is 9.77. The smallest absolute Gasteiger partial charge is 0.337 e. The van der Waals surface area contributed by atoms with E-state index in [2.05, 4.69) is 10.2 Å². The highest BCUT2D eigenvalue weighted by Gasteiger charge is 2.42. The van der Waals surface area contributed by atoms with Gasteiger partial charge in [-0.3, -0.25) is 0 Å². The lowest BCUT2D eigenvalue weighted by Crippen LogP contribution is -2.51. The van der Waals surface area contributed by atoms with E-state index in [0.29, 0.717) is 24.3 Å². The second-order valence-electron chi connectivity index (χ2n) is 7.14. The number of nitrogens with zero attached hydrogens (tertiary/aromatic N) is 3. The summed E-state index contributed by atoms with van der Waals surface area (Å²) in [4.78, 5) is 2.00. The van der Waals surface area contributed by atoms with Crippen LogP contribution in [0, 0.1) is 5.41 Å². The largest absolute Gasteiger partial charge is 0.394 e. The minimum atomic E-state index is -3.48. The van der Waals surface area contributed by atoms with E-state index in [0.717, 1.165) is 58.4 Å². The summed E-state index contributed by atoms with van der Waals surface area (Å²) >= 11 is 0. The van der Waals surface area contributed by atoms with Gasteiger partial charge in [-0.05, 0) is 25.7 Å². The molecular formula is C15H23N3O4S. The molecule has 0 unspecified atom stereocenters. The predicted molar refractivity (Wildman–Crippen MR) is 83.1 cm³/mol. The third kappa shape index (κ3) is 2.76. The van der Waals surface area contributed by atoms with Gasteiger partial charge in [-0.2, -0.15) is 0 Å². The number of anilines is 1. The van der Waals surface area contributed by atoms with Crippen molar-refractivity contribution in [1.82, 2.24) is 10.2 Å². The van der Waals surface area contributed by atoms with Crippen molar-refractivity contribution in [2.75, 3.05) is 31.2 Å². The molecule has 1 aliphatic carbocycles. The van der Waals surface area contributed by atoms with Gasteiger partial charge in [0, 0.05) is 18.5 Å². The van der Waals surface area contributed by atoms with Crippen LogP contribution in [0.3, 0.4) is 0 Å². The van der Waals surface area contributed by atoms with Gasteiger partial charge in [-0.25, -0.2) is 8.42 Å². The Bertz CT molecular complexity index is 652. The molecule has 3 fully saturated rings. The van der Waals surface area contributed by atoms with Gasteiger partial charge in [0.2, 0.25) is 9.84 Å². The van der Waals surface area contributed by atoms with E-state index in [-0.39, 0.29) is 10.5 Å². The van der Waals surface area contributed by atoms with E-state index < -0.39 is 9.84 Å². The Morgan fingerprint density at radius 1 is 1.04 bits per heavy atom. The fourth-order valence-electron chi connectivity index (χ4n) is 3.82.